The smallest absolute Gasteiger partial charge is 0.344 e. The monoisotopic (exact) mass is 422 g/mol. The van der Waals surface area contributed by atoms with E-state index in [1.807, 2.05) is 13.0 Å². The largest absolute Gasteiger partial charge is 0.497 e. The van der Waals surface area contributed by atoms with Crippen molar-refractivity contribution in [1.82, 2.24) is 0 Å². The maximum atomic E-state index is 13.2. The molecular weight excluding hydrogens is 396 g/mol. The summed E-state index contributed by atoms with van der Waals surface area (Å²) >= 11 is 0. The molecule has 1 heterocycles. The Bertz CT molecular complexity index is 1120. The Hall–Kier alpha value is -3.28. The molecule has 6 heteroatoms. The van der Waals surface area contributed by atoms with Gasteiger partial charge in [-0.05, 0) is 69.0 Å². The zero-order chi connectivity index (χ0) is 21.8. The summed E-state index contributed by atoms with van der Waals surface area (Å²) in [6, 6.07) is 12.5. The fourth-order valence-electron chi connectivity index (χ4n) is 3.89. The Kier molecular flexibility index (Phi) is 6.26. The molecule has 0 atom stereocenters. The Balaban J connectivity index is 1.66. The topological polar surface area (TPSA) is 75.0 Å². The van der Waals surface area contributed by atoms with Crippen LogP contribution in [0.5, 0.6) is 11.5 Å². The summed E-state index contributed by atoms with van der Waals surface area (Å²) < 4.78 is 22.5. The van der Waals surface area contributed by atoms with Gasteiger partial charge in [0.2, 0.25) is 11.2 Å². The van der Waals surface area contributed by atoms with Gasteiger partial charge in [0.15, 0.2) is 12.4 Å². The van der Waals surface area contributed by atoms with Gasteiger partial charge in [0.05, 0.1) is 12.5 Å². The predicted octanol–water partition coefficient (Wildman–Crippen LogP) is 5.03. The first kappa shape index (κ1) is 21.0. The van der Waals surface area contributed by atoms with Crippen molar-refractivity contribution in [2.24, 2.45) is 0 Å². The number of ether oxygens (including phenoxy) is 3. The van der Waals surface area contributed by atoms with Crippen molar-refractivity contribution in [2.45, 2.75) is 45.1 Å². The highest BCUT2D eigenvalue weighted by molar-refractivity contribution is 5.83. The van der Waals surface area contributed by atoms with E-state index >= 15 is 0 Å². The van der Waals surface area contributed by atoms with Gasteiger partial charge in [-0.2, -0.15) is 0 Å². The minimum atomic E-state index is -0.476. The van der Waals surface area contributed by atoms with Gasteiger partial charge in [-0.1, -0.05) is 18.1 Å². The predicted molar refractivity (Wildman–Crippen MR) is 118 cm³/mol. The van der Waals surface area contributed by atoms with Gasteiger partial charge in [-0.25, -0.2) is 4.79 Å². The summed E-state index contributed by atoms with van der Waals surface area (Å²) in [7, 11) is 1.58. The molecular formula is C25H26O6. The number of aryl methyl sites for hydroxylation is 1. The number of benzene rings is 2. The molecule has 162 valence electrons. The van der Waals surface area contributed by atoms with Crippen LogP contribution in [0.25, 0.3) is 22.3 Å². The normalized spacial score (nSPS) is 14.4. The van der Waals surface area contributed by atoms with Crippen LogP contribution in [0.4, 0.5) is 0 Å². The Morgan fingerprint density at radius 2 is 1.81 bits per heavy atom. The number of fused-ring (bicyclic) bond motifs is 1. The average molecular weight is 422 g/mol. The molecule has 2 aromatic carbocycles. The summed E-state index contributed by atoms with van der Waals surface area (Å²) in [6.45, 7) is 1.56. The molecule has 1 fully saturated rings. The van der Waals surface area contributed by atoms with Crippen LogP contribution in [-0.4, -0.2) is 25.8 Å². The zero-order valence-electron chi connectivity index (χ0n) is 17.8. The maximum Gasteiger partial charge on any atom is 0.344 e. The van der Waals surface area contributed by atoms with E-state index in [0.29, 0.717) is 22.3 Å². The lowest BCUT2D eigenvalue weighted by Gasteiger charge is -2.21. The van der Waals surface area contributed by atoms with Gasteiger partial charge in [0.1, 0.15) is 17.4 Å². The van der Waals surface area contributed by atoms with Crippen molar-refractivity contribution >= 4 is 16.9 Å². The highest BCUT2D eigenvalue weighted by atomic mass is 16.6. The number of carbonyl (C=O) groups is 1. The Morgan fingerprint density at radius 3 is 2.52 bits per heavy atom. The highest BCUT2D eigenvalue weighted by Crippen LogP contribution is 2.32. The van der Waals surface area contributed by atoms with Crippen LogP contribution in [0.15, 0.2) is 51.7 Å². The zero-order valence-corrected chi connectivity index (χ0v) is 17.8. The molecule has 1 aliphatic carbocycles. The minimum Gasteiger partial charge on any atom is -0.497 e. The molecule has 1 aliphatic rings. The fraction of sp³-hybridized carbons (Fsp3) is 0.360. The van der Waals surface area contributed by atoms with E-state index in [4.69, 9.17) is 18.6 Å². The van der Waals surface area contributed by atoms with E-state index in [1.54, 1.807) is 43.5 Å². The molecule has 0 bridgehead atoms. The molecule has 1 saturated carbocycles. The van der Waals surface area contributed by atoms with Crippen LogP contribution < -0.4 is 14.9 Å². The van der Waals surface area contributed by atoms with E-state index < -0.39 is 5.97 Å². The van der Waals surface area contributed by atoms with Crippen LogP contribution in [0.1, 0.15) is 37.7 Å². The van der Waals surface area contributed by atoms with Crippen molar-refractivity contribution in [3.8, 4) is 22.8 Å². The lowest BCUT2D eigenvalue weighted by atomic mass is 9.98. The summed E-state index contributed by atoms with van der Waals surface area (Å²) in [4.78, 5) is 25.6. The van der Waals surface area contributed by atoms with Gasteiger partial charge in [0.25, 0.3) is 0 Å². The maximum absolute atomic E-state index is 13.2. The van der Waals surface area contributed by atoms with Crippen molar-refractivity contribution in [2.75, 3.05) is 13.7 Å². The lowest BCUT2D eigenvalue weighted by molar-refractivity contribution is -0.152. The van der Waals surface area contributed by atoms with Gasteiger partial charge >= 0.3 is 5.97 Å². The lowest BCUT2D eigenvalue weighted by Crippen LogP contribution is -2.25. The van der Waals surface area contributed by atoms with E-state index in [-0.39, 0.29) is 29.6 Å². The third-order valence-corrected chi connectivity index (χ3v) is 5.54. The molecule has 0 N–H and O–H groups in total. The first-order valence-electron chi connectivity index (χ1n) is 10.6. The van der Waals surface area contributed by atoms with Crippen LogP contribution in [-0.2, 0) is 9.53 Å². The molecule has 1 aromatic heterocycles. The fourth-order valence-corrected chi connectivity index (χ4v) is 3.89. The molecule has 0 amide bonds. The van der Waals surface area contributed by atoms with Crippen molar-refractivity contribution < 1.29 is 23.4 Å². The third kappa shape index (κ3) is 4.74. The van der Waals surface area contributed by atoms with Gasteiger partial charge in [0, 0.05) is 5.56 Å². The highest BCUT2D eigenvalue weighted by Gasteiger charge is 2.22. The average Bonchev–Trinajstić information content (AvgIpc) is 2.79. The molecule has 0 radical (unpaired) electrons. The number of rotatable bonds is 6. The molecule has 6 nitrogen and oxygen atoms in total. The molecule has 3 aromatic rings. The van der Waals surface area contributed by atoms with Gasteiger partial charge in [-0.3, -0.25) is 4.79 Å². The summed E-state index contributed by atoms with van der Waals surface area (Å²) in [5.41, 5.74) is 1.72. The summed E-state index contributed by atoms with van der Waals surface area (Å²) in [5.74, 6) is 0.482. The van der Waals surface area contributed by atoms with Crippen LogP contribution in [0, 0.1) is 6.92 Å². The SMILES string of the molecule is COc1ccc(-c2oc3ccc(C)cc3c(=O)c2OCC(=O)OC2CCCCC2)cc1. The number of carbonyl (C=O) groups excluding carboxylic acids is 1. The second kappa shape index (κ2) is 9.25. The quantitative estimate of drug-likeness (QED) is 0.519. The van der Waals surface area contributed by atoms with E-state index in [1.165, 1.54) is 6.42 Å². The second-order valence-electron chi connectivity index (χ2n) is 7.86. The van der Waals surface area contributed by atoms with Crippen molar-refractivity contribution in [3.05, 3.63) is 58.3 Å². The number of esters is 1. The van der Waals surface area contributed by atoms with Crippen LogP contribution in [0.2, 0.25) is 0 Å². The molecule has 0 aliphatic heterocycles. The number of hydrogen-bond acceptors (Lipinski definition) is 6. The molecule has 0 saturated heterocycles. The molecule has 0 spiro atoms. The summed E-state index contributed by atoms with van der Waals surface area (Å²) in [5, 5.41) is 0.410. The first-order valence-corrected chi connectivity index (χ1v) is 10.6. The van der Waals surface area contributed by atoms with Crippen LogP contribution in [0.3, 0.4) is 0 Å². The minimum absolute atomic E-state index is 0.00357. The van der Waals surface area contributed by atoms with Crippen LogP contribution >= 0.6 is 0 Å². The van der Waals surface area contributed by atoms with Gasteiger partial charge in [-0.15, -0.1) is 0 Å². The number of hydrogen-bond donors (Lipinski definition) is 0. The summed E-state index contributed by atoms with van der Waals surface area (Å²) in [6.07, 6.45) is 4.98. The van der Waals surface area contributed by atoms with Crippen molar-refractivity contribution in [3.63, 3.8) is 0 Å². The Morgan fingerprint density at radius 1 is 1.06 bits per heavy atom. The van der Waals surface area contributed by atoms with Gasteiger partial charge < -0.3 is 18.6 Å². The Labute approximate surface area is 180 Å². The van der Waals surface area contributed by atoms with E-state index in [0.717, 1.165) is 31.2 Å². The molecule has 0 unspecified atom stereocenters. The van der Waals surface area contributed by atoms with Crippen molar-refractivity contribution in [1.29, 1.82) is 0 Å². The number of methoxy groups -OCH3 is 1. The molecule has 31 heavy (non-hydrogen) atoms. The van der Waals surface area contributed by atoms with E-state index in [2.05, 4.69) is 0 Å². The third-order valence-electron chi connectivity index (χ3n) is 5.54. The van der Waals surface area contributed by atoms with E-state index in [9.17, 15) is 9.59 Å². The molecule has 4 rings (SSSR count). The standard InChI is InChI=1S/C25H26O6/c1-16-8-13-21-20(14-16)23(27)25(24(31-21)17-9-11-18(28-2)12-10-17)29-15-22(26)30-19-6-4-3-5-7-19/h8-14,19H,3-7,15H2,1-2H3. The first-order chi connectivity index (χ1) is 15.0. The second-order valence-corrected chi connectivity index (χ2v) is 7.86.